The van der Waals surface area contributed by atoms with Crippen molar-refractivity contribution in [2.45, 2.75) is 25.9 Å². The number of carbonyl (C=O) groups excluding carboxylic acids is 2. The zero-order chi connectivity index (χ0) is 23.3. The Morgan fingerprint density at radius 2 is 2.00 bits per heavy atom. The van der Waals surface area contributed by atoms with Gasteiger partial charge in [-0.1, -0.05) is 23.7 Å². The van der Waals surface area contributed by atoms with E-state index in [1.807, 2.05) is 13.0 Å². The first-order chi connectivity index (χ1) is 15.3. The van der Waals surface area contributed by atoms with Gasteiger partial charge in [0.25, 0.3) is 0 Å². The van der Waals surface area contributed by atoms with Gasteiger partial charge in [-0.3, -0.25) is 14.5 Å². The summed E-state index contributed by atoms with van der Waals surface area (Å²) in [5.74, 6) is -0.944. The van der Waals surface area contributed by atoms with Crippen molar-refractivity contribution in [3.05, 3.63) is 75.6 Å². The molecule has 166 valence electrons. The van der Waals surface area contributed by atoms with Gasteiger partial charge in [-0.15, -0.1) is 0 Å². The third kappa shape index (κ3) is 5.94. The number of amides is 2. The molecule has 1 fully saturated rings. The summed E-state index contributed by atoms with van der Waals surface area (Å²) in [6.45, 7) is 4.64. The molecule has 0 unspecified atom stereocenters. The molecule has 0 spiro atoms. The first-order valence-electron chi connectivity index (χ1n) is 10.2. The highest BCUT2D eigenvalue weighted by atomic mass is 35.5. The standard InChI is InChI=1S/C24H24ClFN4O2/c1-16-14-29(15-17-2-5-21(26)6-3-17)8-9-30(16)24(32)7-4-18-10-20(13-27)22(25)11-19(18)12-23(28)31/h2-7,10-11,16H,8-9,12,14-15H2,1H3,(H2,28,31)/b7-4+/t16-/m1/s1. The van der Waals surface area contributed by atoms with Gasteiger partial charge in [-0.05, 0) is 54.0 Å². The van der Waals surface area contributed by atoms with Gasteiger partial charge >= 0.3 is 0 Å². The monoisotopic (exact) mass is 454 g/mol. The average molecular weight is 455 g/mol. The topological polar surface area (TPSA) is 90.4 Å². The Bertz CT molecular complexity index is 1080. The van der Waals surface area contributed by atoms with Crippen LogP contribution >= 0.6 is 11.6 Å². The van der Waals surface area contributed by atoms with E-state index < -0.39 is 5.91 Å². The van der Waals surface area contributed by atoms with Crippen molar-refractivity contribution >= 4 is 29.5 Å². The molecule has 0 aromatic heterocycles. The number of carbonyl (C=O) groups is 2. The van der Waals surface area contributed by atoms with Crippen LogP contribution in [0.5, 0.6) is 0 Å². The minimum Gasteiger partial charge on any atom is -0.369 e. The van der Waals surface area contributed by atoms with Crippen molar-refractivity contribution in [3.8, 4) is 6.07 Å². The molecular weight excluding hydrogens is 431 g/mol. The third-order valence-electron chi connectivity index (χ3n) is 5.43. The van der Waals surface area contributed by atoms with E-state index >= 15 is 0 Å². The average Bonchev–Trinajstić information content (AvgIpc) is 2.74. The van der Waals surface area contributed by atoms with E-state index in [9.17, 15) is 19.2 Å². The van der Waals surface area contributed by atoms with Crippen LogP contribution in [0.1, 0.15) is 29.2 Å². The number of halogens is 2. The van der Waals surface area contributed by atoms with Crippen molar-refractivity contribution in [3.63, 3.8) is 0 Å². The molecule has 1 atom stereocenters. The highest BCUT2D eigenvalue weighted by Gasteiger charge is 2.26. The number of nitriles is 1. The zero-order valence-corrected chi connectivity index (χ0v) is 18.5. The summed E-state index contributed by atoms with van der Waals surface area (Å²) in [5.41, 5.74) is 7.71. The van der Waals surface area contributed by atoms with Crippen LogP contribution in [0.3, 0.4) is 0 Å². The van der Waals surface area contributed by atoms with Crippen LogP contribution in [-0.4, -0.2) is 47.3 Å². The molecule has 1 saturated heterocycles. The Balaban J connectivity index is 1.68. The van der Waals surface area contributed by atoms with Crippen molar-refractivity contribution in [2.24, 2.45) is 5.73 Å². The van der Waals surface area contributed by atoms with Crippen LogP contribution < -0.4 is 5.73 Å². The van der Waals surface area contributed by atoms with Gasteiger partial charge in [0, 0.05) is 38.3 Å². The van der Waals surface area contributed by atoms with E-state index in [1.54, 1.807) is 29.2 Å². The van der Waals surface area contributed by atoms with Crippen LogP contribution in [0.4, 0.5) is 4.39 Å². The number of nitrogens with zero attached hydrogens (tertiary/aromatic N) is 3. The maximum absolute atomic E-state index is 13.1. The first kappa shape index (κ1) is 23.5. The van der Waals surface area contributed by atoms with E-state index in [0.29, 0.717) is 37.3 Å². The van der Waals surface area contributed by atoms with E-state index in [0.717, 1.165) is 5.56 Å². The molecule has 0 bridgehead atoms. The molecule has 2 aromatic carbocycles. The molecule has 0 radical (unpaired) electrons. The molecule has 8 heteroatoms. The predicted octanol–water partition coefficient (Wildman–Crippen LogP) is 3.12. The van der Waals surface area contributed by atoms with E-state index in [1.165, 1.54) is 24.3 Å². The summed E-state index contributed by atoms with van der Waals surface area (Å²) in [7, 11) is 0. The molecule has 0 aliphatic carbocycles. The molecule has 6 nitrogen and oxygen atoms in total. The minimum absolute atomic E-state index is 0.00803. The van der Waals surface area contributed by atoms with Crippen LogP contribution in [0.25, 0.3) is 6.08 Å². The van der Waals surface area contributed by atoms with Crippen molar-refractivity contribution in [1.29, 1.82) is 5.26 Å². The smallest absolute Gasteiger partial charge is 0.246 e. The lowest BCUT2D eigenvalue weighted by molar-refractivity contribution is -0.130. The normalized spacial score (nSPS) is 16.8. The van der Waals surface area contributed by atoms with Gasteiger partial charge in [-0.2, -0.15) is 5.26 Å². The highest BCUT2D eigenvalue weighted by Crippen LogP contribution is 2.23. The summed E-state index contributed by atoms with van der Waals surface area (Å²) in [4.78, 5) is 28.2. The van der Waals surface area contributed by atoms with Crippen molar-refractivity contribution in [1.82, 2.24) is 9.80 Å². The van der Waals surface area contributed by atoms with Crippen LogP contribution in [-0.2, 0) is 22.6 Å². The lowest BCUT2D eigenvalue weighted by Gasteiger charge is -2.39. The Hall–Kier alpha value is -3.21. The molecule has 3 rings (SSSR count). The van der Waals surface area contributed by atoms with E-state index in [2.05, 4.69) is 4.90 Å². The van der Waals surface area contributed by atoms with Crippen molar-refractivity contribution in [2.75, 3.05) is 19.6 Å². The van der Waals surface area contributed by atoms with Crippen LogP contribution in [0.15, 0.2) is 42.5 Å². The SMILES string of the molecule is C[C@@H]1CN(Cc2ccc(F)cc2)CCN1C(=O)/C=C/c1cc(C#N)c(Cl)cc1CC(N)=O. The van der Waals surface area contributed by atoms with E-state index in [4.69, 9.17) is 17.3 Å². The fraction of sp³-hybridized carbons (Fsp3) is 0.292. The number of primary amides is 1. The lowest BCUT2D eigenvalue weighted by atomic mass is 10.0. The molecule has 0 saturated carbocycles. The zero-order valence-electron chi connectivity index (χ0n) is 17.7. The van der Waals surface area contributed by atoms with Crippen molar-refractivity contribution < 1.29 is 14.0 Å². The predicted molar refractivity (Wildman–Crippen MR) is 121 cm³/mol. The number of hydrogen-bond donors (Lipinski definition) is 1. The van der Waals surface area contributed by atoms with Gasteiger partial charge in [-0.25, -0.2) is 4.39 Å². The summed E-state index contributed by atoms with van der Waals surface area (Å²) in [6, 6.07) is 11.5. The maximum Gasteiger partial charge on any atom is 0.246 e. The number of nitrogens with two attached hydrogens (primary N) is 1. The molecular formula is C24H24ClFN4O2. The van der Waals surface area contributed by atoms with Gasteiger partial charge in [0.1, 0.15) is 11.9 Å². The number of benzene rings is 2. The second-order valence-electron chi connectivity index (χ2n) is 7.86. The molecule has 1 aliphatic rings. The first-order valence-corrected chi connectivity index (χ1v) is 10.6. The summed E-state index contributed by atoms with van der Waals surface area (Å²) in [5, 5.41) is 9.46. The Morgan fingerprint density at radius 1 is 1.28 bits per heavy atom. The highest BCUT2D eigenvalue weighted by molar-refractivity contribution is 6.31. The number of piperazine rings is 1. The molecule has 1 aliphatic heterocycles. The third-order valence-corrected chi connectivity index (χ3v) is 5.75. The minimum atomic E-state index is -0.530. The fourth-order valence-corrected chi connectivity index (χ4v) is 4.05. The summed E-state index contributed by atoms with van der Waals surface area (Å²) < 4.78 is 13.1. The van der Waals surface area contributed by atoms with Gasteiger partial charge < -0.3 is 10.6 Å². The van der Waals surface area contributed by atoms with E-state index in [-0.39, 0.29) is 34.8 Å². The Morgan fingerprint density at radius 3 is 2.62 bits per heavy atom. The van der Waals surface area contributed by atoms with Crippen LogP contribution in [0, 0.1) is 17.1 Å². The van der Waals surface area contributed by atoms with Gasteiger partial charge in [0.05, 0.1) is 17.0 Å². The molecule has 2 N–H and O–H groups in total. The maximum atomic E-state index is 13.1. The molecule has 2 amide bonds. The fourth-order valence-electron chi connectivity index (χ4n) is 3.82. The Kier molecular flexibility index (Phi) is 7.62. The quantitative estimate of drug-likeness (QED) is 0.679. The number of hydrogen-bond acceptors (Lipinski definition) is 4. The molecule has 1 heterocycles. The van der Waals surface area contributed by atoms with Crippen LogP contribution in [0.2, 0.25) is 5.02 Å². The second kappa shape index (κ2) is 10.4. The molecule has 32 heavy (non-hydrogen) atoms. The lowest BCUT2D eigenvalue weighted by Crippen LogP contribution is -2.53. The Labute approximate surface area is 191 Å². The summed E-state index contributed by atoms with van der Waals surface area (Å²) >= 11 is 6.07. The van der Waals surface area contributed by atoms with Gasteiger partial charge in [0.2, 0.25) is 11.8 Å². The summed E-state index contributed by atoms with van der Waals surface area (Å²) in [6.07, 6.45) is 2.99. The number of rotatable bonds is 6. The second-order valence-corrected chi connectivity index (χ2v) is 8.27. The largest absolute Gasteiger partial charge is 0.369 e. The van der Waals surface area contributed by atoms with Gasteiger partial charge in [0.15, 0.2) is 0 Å². The molecule has 2 aromatic rings.